The lowest BCUT2D eigenvalue weighted by atomic mass is 10.2. The summed E-state index contributed by atoms with van der Waals surface area (Å²) in [6, 6.07) is 10.8. The lowest BCUT2D eigenvalue weighted by molar-refractivity contribution is -0.121. The van der Waals surface area contributed by atoms with Crippen LogP contribution in [0.2, 0.25) is 0 Å². The Labute approximate surface area is 141 Å². The van der Waals surface area contributed by atoms with Gasteiger partial charge >= 0.3 is 0 Å². The summed E-state index contributed by atoms with van der Waals surface area (Å²) in [4.78, 5) is 15.6. The minimum atomic E-state index is -0.0723. The van der Waals surface area contributed by atoms with Gasteiger partial charge in [-0.3, -0.25) is 4.79 Å². The Morgan fingerprint density at radius 3 is 2.57 bits per heavy atom. The van der Waals surface area contributed by atoms with Crippen LogP contribution in [0.1, 0.15) is 12.0 Å². The number of nitrogens with one attached hydrogen (secondary N) is 1. The van der Waals surface area contributed by atoms with Gasteiger partial charge in [-0.15, -0.1) is 12.4 Å². The number of aromatic nitrogens is 1. The number of pyridine rings is 1. The van der Waals surface area contributed by atoms with Gasteiger partial charge in [0.1, 0.15) is 11.5 Å². The third kappa shape index (κ3) is 6.14. The predicted octanol–water partition coefficient (Wildman–Crippen LogP) is 2.27. The zero-order valence-corrected chi connectivity index (χ0v) is 13.6. The van der Waals surface area contributed by atoms with E-state index in [9.17, 15) is 4.79 Å². The summed E-state index contributed by atoms with van der Waals surface area (Å²) in [5.41, 5.74) is 6.24. The molecule has 0 unspecified atom stereocenters. The number of carbonyl (C=O) groups is 1. The molecule has 1 aromatic carbocycles. The Morgan fingerprint density at radius 1 is 1.22 bits per heavy atom. The van der Waals surface area contributed by atoms with Crippen molar-refractivity contribution in [2.75, 3.05) is 13.7 Å². The maximum absolute atomic E-state index is 11.4. The molecular formula is C16H20ClN3O3. The van der Waals surface area contributed by atoms with E-state index in [1.165, 1.54) is 0 Å². The topological polar surface area (TPSA) is 86.5 Å². The Bertz CT molecular complexity index is 620. The van der Waals surface area contributed by atoms with Crippen molar-refractivity contribution in [3.63, 3.8) is 0 Å². The van der Waals surface area contributed by atoms with Gasteiger partial charge in [0.2, 0.25) is 11.8 Å². The summed E-state index contributed by atoms with van der Waals surface area (Å²) in [6.45, 7) is 0.758. The largest absolute Gasteiger partial charge is 0.497 e. The number of nitrogens with two attached hydrogens (primary N) is 1. The Balaban J connectivity index is 0.00000264. The predicted molar refractivity (Wildman–Crippen MR) is 90.1 cm³/mol. The van der Waals surface area contributed by atoms with E-state index in [0.29, 0.717) is 31.1 Å². The third-order valence-corrected chi connectivity index (χ3v) is 2.94. The highest BCUT2D eigenvalue weighted by Crippen LogP contribution is 2.22. The van der Waals surface area contributed by atoms with E-state index < -0.39 is 0 Å². The van der Waals surface area contributed by atoms with Crippen LogP contribution in [-0.4, -0.2) is 24.5 Å². The van der Waals surface area contributed by atoms with Crippen LogP contribution in [0.5, 0.6) is 17.4 Å². The van der Waals surface area contributed by atoms with Crippen LogP contribution < -0.4 is 20.5 Å². The van der Waals surface area contributed by atoms with Crippen LogP contribution in [0.15, 0.2) is 42.6 Å². The fourth-order valence-electron chi connectivity index (χ4n) is 1.80. The highest BCUT2D eigenvalue weighted by Gasteiger charge is 2.03. The molecule has 7 heteroatoms. The highest BCUT2D eigenvalue weighted by molar-refractivity contribution is 5.85. The molecule has 0 aliphatic carbocycles. The van der Waals surface area contributed by atoms with Crippen LogP contribution in [0.4, 0.5) is 0 Å². The molecule has 0 radical (unpaired) electrons. The molecule has 0 saturated heterocycles. The number of ether oxygens (including phenoxy) is 2. The SMILES string of the molecule is COc1ccc(Oc2cc(CNC(=O)CCN)ccn2)cc1.Cl. The molecule has 2 rings (SSSR count). The maximum atomic E-state index is 11.4. The molecule has 2 aromatic rings. The summed E-state index contributed by atoms with van der Waals surface area (Å²) in [5.74, 6) is 1.82. The van der Waals surface area contributed by atoms with E-state index in [4.69, 9.17) is 15.2 Å². The number of amides is 1. The first kappa shape index (κ1) is 18.7. The highest BCUT2D eigenvalue weighted by atomic mass is 35.5. The Morgan fingerprint density at radius 2 is 1.91 bits per heavy atom. The van der Waals surface area contributed by atoms with E-state index in [-0.39, 0.29) is 18.3 Å². The average Bonchev–Trinajstić information content (AvgIpc) is 2.54. The number of nitrogens with zero attached hydrogens (tertiary/aromatic N) is 1. The number of hydrogen-bond acceptors (Lipinski definition) is 5. The molecular weight excluding hydrogens is 318 g/mol. The standard InChI is InChI=1S/C16H19N3O3.ClH/c1-21-13-2-4-14(5-3-13)22-16-10-12(7-9-18-16)11-19-15(20)6-8-17;/h2-5,7,9-10H,6,8,11,17H2,1H3,(H,19,20);1H. The fourth-order valence-corrected chi connectivity index (χ4v) is 1.80. The molecule has 0 bridgehead atoms. The third-order valence-electron chi connectivity index (χ3n) is 2.94. The first-order chi connectivity index (χ1) is 10.7. The molecule has 124 valence electrons. The second-order valence-corrected chi connectivity index (χ2v) is 4.60. The maximum Gasteiger partial charge on any atom is 0.221 e. The van der Waals surface area contributed by atoms with Gasteiger partial charge in [0.15, 0.2) is 0 Å². The van der Waals surface area contributed by atoms with Crippen LogP contribution >= 0.6 is 12.4 Å². The smallest absolute Gasteiger partial charge is 0.221 e. The molecule has 0 spiro atoms. The monoisotopic (exact) mass is 337 g/mol. The molecule has 0 atom stereocenters. The second-order valence-electron chi connectivity index (χ2n) is 4.60. The molecule has 23 heavy (non-hydrogen) atoms. The van der Waals surface area contributed by atoms with Crippen molar-refractivity contribution in [2.24, 2.45) is 5.73 Å². The van der Waals surface area contributed by atoms with Gasteiger partial charge in [-0.05, 0) is 35.9 Å². The summed E-state index contributed by atoms with van der Waals surface area (Å²) in [6.07, 6.45) is 1.96. The van der Waals surface area contributed by atoms with Crippen LogP contribution in [0.3, 0.4) is 0 Å². The van der Waals surface area contributed by atoms with Gasteiger partial charge < -0.3 is 20.5 Å². The molecule has 1 aromatic heterocycles. The minimum Gasteiger partial charge on any atom is -0.497 e. The van der Waals surface area contributed by atoms with Crippen molar-refractivity contribution in [3.8, 4) is 17.4 Å². The minimum absolute atomic E-state index is 0. The van der Waals surface area contributed by atoms with Crippen molar-refractivity contribution in [1.82, 2.24) is 10.3 Å². The average molecular weight is 338 g/mol. The van der Waals surface area contributed by atoms with E-state index in [2.05, 4.69) is 10.3 Å². The number of carbonyl (C=O) groups excluding carboxylic acids is 1. The van der Waals surface area contributed by atoms with Crippen molar-refractivity contribution in [1.29, 1.82) is 0 Å². The summed E-state index contributed by atoms with van der Waals surface area (Å²) < 4.78 is 10.8. The van der Waals surface area contributed by atoms with Crippen molar-refractivity contribution >= 4 is 18.3 Å². The molecule has 3 N–H and O–H groups in total. The van der Waals surface area contributed by atoms with Crippen LogP contribution in [-0.2, 0) is 11.3 Å². The molecule has 0 saturated carbocycles. The number of benzene rings is 1. The quantitative estimate of drug-likeness (QED) is 0.809. The van der Waals surface area contributed by atoms with Gasteiger partial charge in [0.05, 0.1) is 7.11 Å². The lowest BCUT2D eigenvalue weighted by Gasteiger charge is -2.08. The number of halogens is 1. The lowest BCUT2D eigenvalue weighted by Crippen LogP contribution is -2.24. The van der Waals surface area contributed by atoms with Crippen molar-refractivity contribution in [2.45, 2.75) is 13.0 Å². The summed E-state index contributed by atoms with van der Waals surface area (Å²) in [5, 5.41) is 2.79. The number of methoxy groups -OCH3 is 1. The molecule has 1 amide bonds. The second kappa shape index (κ2) is 9.66. The first-order valence-corrected chi connectivity index (χ1v) is 6.95. The Hall–Kier alpha value is -2.31. The van der Waals surface area contributed by atoms with Crippen LogP contribution in [0.25, 0.3) is 0 Å². The van der Waals surface area contributed by atoms with E-state index in [1.807, 2.05) is 18.2 Å². The van der Waals surface area contributed by atoms with Gasteiger partial charge in [-0.25, -0.2) is 4.98 Å². The van der Waals surface area contributed by atoms with Gasteiger partial charge in [0.25, 0.3) is 0 Å². The Kier molecular flexibility index (Phi) is 7.87. The molecule has 0 fully saturated rings. The molecule has 6 nitrogen and oxygen atoms in total. The van der Waals surface area contributed by atoms with E-state index in [1.54, 1.807) is 31.5 Å². The zero-order chi connectivity index (χ0) is 15.8. The fraction of sp³-hybridized carbons (Fsp3) is 0.250. The first-order valence-electron chi connectivity index (χ1n) is 6.95. The summed E-state index contributed by atoms with van der Waals surface area (Å²) >= 11 is 0. The zero-order valence-electron chi connectivity index (χ0n) is 12.8. The summed E-state index contributed by atoms with van der Waals surface area (Å²) in [7, 11) is 1.61. The van der Waals surface area contributed by atoms with Gasteiger partial charge in [-0.1, -0.05) is 0 Å². The molecule has 1 heterocycles. The van der Waals surface area contributed by atoms with Crippen LogP contribution in [0, 0.1) is 0 Å². The van der Waals surface area contributed by atoms with Crippen molar-refractivity contribution in [3.05, 3.63) is 48.2 Å². The number of hydrogen-bond donors (Lipinski definition) is 2. The van der Waals surface area contributed by atoms with E-state index in [0.717, 1.165) is 11.3 Å². The normalized spacial score (nSPS) is 9.65. The van der Waals surface area contributed by atoms with E-state index >= 15 is 0 Å². The molecule has 0 aliphatic rings. The molecule has 0 aliphatic heterocycles. The van der Waals surface area contributed by atoms with Gasteiger partial charge in [0, 0.05) is 31.8 Å². The number of rotatable bonds is 7. The van der Waals surface area contributed by atoms with Crippen molar-refractivity contribution < 1.29 is 14.3 Å². The van der Waals surface area contributed by atoms with Gasteiger partial charge in [-0.2, -0.15) is 0 Å².